The van der Waals surface area contributed by atoms with Gasteiger partial charge in [-0.15, -0.1) is 5.10 Å². The number of aromatic nitrogens is 4. The van der Waals surface area contributed by atoms with Crippen LogP contribution in [0, 0.1) is 5.92 Å². The van der Waals surface area contributed by atoms with Gasteiger partial charge in [-0.25, -0.2) is 0 Å². The van der Waals surface area contributed by atoms with Crippen molar-refractivity contribution in [1.29, 1.82) is 0 Å². The zero-order chi connectivity index (χ0) is 14.6. The molecule has 106 valence electrons. The van der Waals surface area contributed by atoms with Gasteiger partial charge in [-0.1, -0.05) is 12.0 Å². The summed E-state index contributed by atoms with van der Waals surface area (Å²) in [4.78, 5) is 23.8. The summed E-state index contributed by atoms with van der Waals surface area (Å²) in [5.74, 6) is -0.638. The molecular weight excluding hydrogens is 248 g/mol. The number of amides is 2. The van der Waals surface area contributed by atoms with E-state index in [1.54, 1.807) is 6.92 Å². The van der Waals surface area contributed by atoms with Crippen molar-refractivity contribution >= 4 is 17.8 Å². The van der Waals surface area contributed by atoms with Crippen LogP contribution in [-0.4, -0.2) is 32.0 Å². The number of primary amides is 1. The van der Waals surface area contributed by atoms with Crippen LogP contribution >= 0.6 is 0 Å². The predicted octanol–water partition coefficient (Wildman–Crippen LogP) is 0.268. The van der Waals surface area contributed by atoms with Gasteiger partial charge in [-0.2, -0.15) is 4.80 Å². The number of nitrogens with zero attached hydrogens (tertiary/aromatic N) is 4. The molecule has 0 saturated carbocycles. The molecule has 0 bridgehead atoms. The smallest absolute Gasteiger partial charge is 0.270 e. The second-order valence-corrected chi connectivity index (χ2v) is 5.60. The zero-order valence-corrected chi connectivity index (χ0v) is 11.7. The van der Waals surface area contributed by atoms with Crippen LogP contribution in [0.25, 0.3) is 0 Å². The fourth-order valence-corrected chi connectivity index (χ4v) is 1.46. The predicted molar refractivity (Wildman–Crippen MR) is 69.0 cm³/mol. The fourth-order valence-electron chi connectivity index (χ4n) is 1.46. The van der Waals surface area contributed by atoms with Crippen molar-refractivity contribution < 1.29 is 9.59 Å². The largest absolute Gasteiger partial charge is 0.370 e. The average molecular weight is 268 g/mol. The molecule has 0 aromatic carbocycles. The lowest BCUT2D eigenvalue weighted by Gasteiger charge is -2.15. The molecule has 1 atom stereocenters. The first-order valence-corrected chi connectivity index (χ1v) is 6.07. The first-order valence-electron chi connectivity index (χ1n) is 6.07. The van der Waals surface area contributed by atoms with Crippen LogP contribution < -0.4 is 11.1 Å². The quantitative estimate of drug-likeness (QED) is 0.795. The third kappa shape index (κ3) is 5.02. The maximum atomic E-state index is 11.7. The number of anilines is 1. The number of tetrazole rings is 1. The molecule has 1 rings (SSSR count). The first-order chi connectivity index (χ1) is 8.68. The second kappa shape index (κ2) is 5.77. The van der Waals surface area contributed by atoms with Crippen molar-refractivity contribution in [3.05, 3.63) is 0 Å². The first kappa shape index (κ1) is 15.1. The molecule has 1 heterocycles. The lowest BCUT2D eigenvalue weighted by Crippen LogP contribution is -2.25. The minimum absolute atomic E-state index is 0.116. The van der Waals surface area contributed by atoms with Crippen LogP contribution in [0.1, 0.15) is 40.5 Å². The van der Waals surface area contributed by atoms with Gasteiger partial charge in [0, 0.05) is 12.8 Å². The number of carbonyl (C=O) groups is 2. The van der Waals surface area contributed by atoms with Gasteiger partial charge in [-0.3, -0.25) is 14.9 Å². The highest BCUT2D eigenvalue weighted by atomic mass is 16.2. The summed E-state index contributed by atoms with van der Waals surface area (Å²) in [5, 5.41) is 14.2. The monoisotopic (exact) mass is 268 g/mol. The molecule has 1 aromatic heterocycles. The molecule has 0 radical (unpaired) electrons. The van der Waals surface area contributed by atoms with Crippen LogP contribution in [0.2, 0.25) is 0 Å². The van der Waals surface area contributed by atoms with Crippen molar-refractivity contribution in [3.63, 3.8) is 0 Å². The number of rotatable bonds is 5. The number of hydrogen-bond acceptors (Lipinski definition) is 5. The van der Waals surface area contributed by atoms with E-state index in [-0.39, 0.29) is 36.2 Å². The number of nitrogens with two attached hydrogens (primary N) is 1. The summed E-state index contributed by atoms with van der Waals surface area (Å²) in [6.07, 6.45) is 0.364. The Balaban J connectivity index is 2.53. The van der Waals surface area contributed by atoms with E-state index >= 15 is 0 Å². The molecular formula is C11H20N6O2. The molecule has 0 aliphatic rings. The van der Waals surface area contributed by atoms with Crippen molar-refractivity contribution in [1.82, 2.24) is 20.2 Å². The Bertz CT molecular complexity index is 462. The third-order valence-electron chi connectivity index (χ3n) is 2.35. The maximum absolute atomic E-state index is 11.7. The normalized spacial score (nSPS) is 13.1. The number of nitrogens with one attached hydrogen (secondary N) is 1. The third-order valence-corrected chi connectivity index (χ3v) is 2.35. The molecule has 8 heteroatoms. The highest BCUT2D eigenvalue weighted by Gasteiger charge is 2.18. The van der Waals surface area contributed by atoms with Crippen molar-refractivity contribution in [3.8, 4) is 0 Å². The Labute approximate surface area is 111 Å². The number of hydrogen-bond donors (Lipinski definition) is 2. The molecule has 3 N–H and O–H groups in total. The Morgan fingerprint density at radius 1 is 1.37 bits per heavy atom. The van der Waals surface area contributed by atoms with Crippen LogP contribution in [0.4, 0.5) is 5.95 Å². The van der Waals surface area contributed by atoms with E-state index in [0.717, 1.165) is 0 Å². The van der Waals surface area contributed by atoms with Crippen LogP contribution in [0.5, 0.6) is 0 Å². The van der Waals surface area contributed by atoms with Gasteiger partial charge in [0.2, 0.25) is 11.8 Å². The molecule has 8 nitrogen and oxygen atoms in total. The summed E-state index contributed by atoms with van der Waals surface area (Å²) < 4.78 is 0. The Morgan fingerprint density at radius 2 is 2.00 bits per heavy atom. The summed E-state index contributed by atoms with van der Waals surface area (Å²) >= 11 is 0. The lowest BCUT2D eigenvalue weighted by molar-refractivity contribution is -0.119. The molecule has 19 heavy (non-hydrogen) atoms. The molecule has 0 unspecified atom stereocenters. The van der Waals surface area contributed by atoms with Crippen molar-refractivity contribution in [2.45, 2.75) is 46.1 Å². The van der Waals surface area contributed by atoms with E-state index in [9.17, 15) is 9.59 Å². The lowest BCUT2D eigenvalue weighted by atomic mass is 10.0. The molecule has 0 spiro atoms. The molecule has 2 amide bonds. The molecule has 0 saturated heterocycles. The minimum atomic E-state index is -0.419. The Hall–Kier alpha value is -1.99. The topological polar surface area (TPSA) is 116 Å². The van der Waals surface area contributed by atoms with Gasteiger partial charge in [0.1, 0.15) is 0 Å². The highest BCUT2D eigenvalue weighted by molar-refractivity contribution is 5.89. The van der Waals surface area contributed by atoms with E-state index in [2.05, 4.69) is 20.7 Å². The fraction of sp³-hybridized carbons (Fsp3) is 0.727. The number of carbonyl (C=O) groups excluding carboxylic acids is 2. The molecule has 1 aromatic rings. The van der Waals surface area contributed by atoms with E-state index in [0.29, 0.717) is 0 Å². The summed E-state index contributed by atoms with van der Waals surface area (Å²) in [7, 11) is 0. The average Bonchev–Trinajstić information content (AvgIpc) is 2.63. The van der Waals surface area contributed by atoms with Crippen molar-refractivity contribution in [2.24, 2.45) is 11.7 Å². The van der Waals surface area contributed by atoms with E-state index < -0.39 is 5.91 Å². The van der Waals surface area contributed by atoms with Gasteiger partial charge >= 0.3 is 0 Å². The van der Waals surface area contributed by atoms with E-state index in [1.165, 1.54) is 4.80 Å². The minimum Gasteiger partial charge on any atom is -0.370 e. The molecule has 0 aliphatic heterocycles. The van der Waals surface area contributed by atoms with Gasteiger partial charge in [0.15, 0.2) is 0 Å². The summed E-state index contributed by atoms with van der Waals surface area (Å²) in [5.41, 5.74) is 4.77. The Kier molecular flexibility index (Phi) is 4.57. The van der Waals surface area contributed by atoms with Crippen molar-refractivity contribution in [2.75, 3.05) is 5.32 Å². The Morgan fingerprint density at radius 3 is 2.47 bits per heavy atom. The summed E-state index contributed by atoms with van der Waals surface area (Å²) in [6, 6.07) is 0. The van der Waals surface area contributed by atoms with Gasteiger partial charge < -0.3 is 5.73 Å². The maximum Gasteiger partial charge on any atom is 0.270 e. The van der Waals surface area contributed by atoms with Crippen LogP contribution in [0.3, 0.4) is 0 Å². The zero-order valence-electron chi connectivity index (χ0n) is 11.7. The standard InChI is InChI=1S/C11H20N6O2/c1-7(5-8(12)18)6-9(19)13-10-14-16-17(15-10)11(2,3)4/h7H,5-6H2,1-4H3,(H2,12,18)(H,13,15,19)/t7-/m1/s1. The van der Waals surface area contributed by atoms with Crippen LogP contribution in [-0.2, 0) is 15.1 Å². The second-order valence-electron chi connectivity index (χ2n) is 5.60. The molecule has 0 fully saturated rings. The van der Waals surface area contributed by atoms with Crippen LogP contribution in [0.15, 0.2) is 0 Å². The SMILES string of the molecule is C[C@H](CC(N)=O)CC(=O)Nc1nnn(C(C)(C)C)n1. The molecule has 0 aliphatic carbocycles. The van der Waals surface area contributed by atoms with Gasteiger partial charge in [0.05, 0.1) is 5.54 Å². The summed E-state index contributed by atoms with van der Waals surface area (Å²) in [6.45, 7) is 7.56. The van der Waals surface area contributed by atoms with E-state index in [1.807, 2.05) is 20.8 Å². The van der Waals surface area contributed by atoms with Gasteiger partial charge in [0.25, 0.3) is 5.95 Å². The van der Waals surface area contributed by atoms with E-state index in [4.69, 9.17) is 5.73 Å². The highest BCUT2D eigenvalue weighted by Crippen LogP contribution is 2.11. The van der Waals surface area contributed by atoms with Gasteiger partial charge in [-0.05, 0) is 31.9 Å².